The molecule has 4 fully saturated rings. The van der Waals surface area contributed by atoms with Crippen LogP contribution in [-0.4, -0.2) is 51.4 Å². The molecule has 4 aliphatic rings. The largest absolute Gasteiger partial charge is 0.399 e. The number of fused-ring (bicyclic) bond motifs is 2. The van der Waals surface area contributed by atoms with Gasteiger partial charge in [0, 0.05) is 41.7 Å². The van der Waals surface area contributed by atoms with E-state index in [-0.39, 0.29) is 53.1 Å². The zero-order valence-electron chi connectivity index (χ0n) is 23.7. The number of likely N-dealkylation sites (tertiary alicyclic amines) is 2. The number of non-ortho nitro benzene ring substituents is 1. The molecular weight excluding hydrogens is 536 g/mol. The maximum atomic E-state index is 12.4. The molecule has 6 rings (SSSR count). The zero-order chi connectivity index (χ0) is 30.6. The fourth-order valence-electron chi connectivity index (χ4n) is 7.58. The Morgan fingerprint density at radius 1 is 0.786 bits per heavy atom. The van der Waals surface area contributed by atoms with Crippen molar-refractivity contribution in [2.45, 2.75) is 37.5 Å². The first-order valence-corrected chi connectivity index (χ1v) is 14.1. The van der Waals surface area contributed by atoms with Crippen molar-refractivity contribution in [3.8, 4) is 0 Å². The molecule has 0 aromatic heterocycles. The van der Waals surface area contributed by atoms with E-state index in [4.69, 9.17) is 5.73 Å². The molecule has 10 heteroatoms. The normalized spacial score (nSPS) is 30.3. The first kappa shape index (κ1) is 28.9. The van der Waals surface area contributed by atoms with Crippen molar-refractivity contribution < 1.29 is 24.1 Å². The van der Waals surface area contributed by atoms with Gasteiger partial charge < -0.3 is 5.73 Å². The molecule has 42 heavy (non-hydrogen) atoms. The standard InChI is InChI=1S/C16H16N2O4.C16H18N2O2/c1-3-8-17-14(19)12-13(15(17)20)16(12,4-2)10-6-5-7-11(9-10)18(21)22;1-3-8-18-14(19)12-13(15(18)20)16(12,4-2)10-6-5-7-11(17)9-10/h3,5-7,9,12-13H,1,4,8H2,2H3;3,5-7,9,12-13H,1,4,8,17H2,2H3. The molecule has 2 aromatic rings. The van der Waals surface area contributed by atoms with Crippen LogP contribution in [-0.2, 0) is 30.0 Å². The first-order chi connectivity index (χ1) is 20.1. The predicted octanol–water partition coefficient (Wildman–Crippen LogP) is 3.76. The summed E-state index contributed by atoms with van der Waals surface area (Å²) in [5.74, 6) is -1.75. The Morgan fingerprint density at radius 2 is 1.19 bits per heavy atom. The van der Waals surface area contributed by atoms with Crippen LogP contribution in [0.4, 0.5) is 11.4 Å². The number of hydrogen-bond acceptors (Lipinski definition) is 7. The Morgan fingerprint density at radius 3 is 1.55 bits per heavy atom. The van der Waals surface area contributed by atoms with Gasteiger partial charge in [-0.05, 0) is 36.1 Å². The molecule has 4 amide bonds. The summed E-state index contributed by atoms with van der Waals surface area (Å²) in [6.45, 7) is 11.6. The highest BCUT2D eigenvalue weighted by molar-refractivity contribution is 6.12. The van der Waals surface area contributed by atoms with Crippen LogP contribution in [0.1, 0.15) is 37.8 Å². The summed E-state index contributed by atoms with van der Waals surface area (Å²) in [4.78, 5) is 62.7. The van der Waals surface area contributed by atoms with Crippen molar-refractivity contribution in [2.24, 2.45) is 23.7 Å². The maximum Gasteiger partial charge on any atom is 0.269 e. The van der Waals surface area contributed by atoms with Crippen LogP contribution in [0.5, 0.6) is 0 Å². The van der Waals surface area contributed by atoms with E-state index in [1.807, 2.05) is 38.1 Å². The van der Waals surface area contributed by atoms with Crippen LogP contribution in [0.25, 0.3) is 0 Å². The molecule has 2 heterocycles. The number of nitrogens with two attached hydrogens (primary N) is 1. The number of benzene rings is 2. The van der Waals surface area contributed by atoms with Gasteiger partial charge >= 0.3 is 0 Å². The molecule has 2 N–H and O–H groups in total. The first-order valence-electron chi connectivity index (χ1n) is 14.1. The number of nitrogens with zero attached hydrogens (tertiary/aromatic N) is 3. The van der Waals surface area contributed by atoms with Gasteiger partial charge in [0.1, 0.15) is 0 Å². The van der Waals surface area contributed by atoms with Gasteiger partial charge in [-0.3, -0.25) is 39.1 Å². The van der Waals surface area contributed by atoms with Gasteiger partial charge in [0.2, 0.25) is 23.6 Å². The molecule has 4 unspecified atom stereocenters. The zero-order valence-corrected chi connectivity index (χ0v) is 23.7. The van der Waals surface area contributed by atoms with E-state index in [1.54, 1.807) is 18.2 Å². The van der Waals surface area contributed by atoms with E-state index in [0.717, 1.165) is 12.0 Å². The number of nitro groups is 1. The van der Waals surface area contributed by atoms with Crippen molar-refractivity contribution in [3.05, 3.63) is 95.1 Å². The van der Waals surface area contributed by atoms with Crippen LogP contribution >= 0.6 is 0 Å². The molecular formula is C32H34N4O6. The summed E-state index contributed by atoms with van der Waals surface area (Å²) in [7, 11) is 0. The van der Waals surface area contributed by atoms with Crippen molar-refractivity contribution in [1.82, 2.24) is 9.80 Å². The van der Waals surface area contributed by atoms with E-state index in [0.29, 0.717) is 24.2 Å². The summed E-state index contributed by atoms with van der Waals surface area (Å²) in [5.41, 5.74) is 7.28. The molecule has 0 spiro atoms. The number of piperidine rings is 2. The third kappa shape index (κ3) is 3.92. The molecule has 218 valence electrons. The smallest absolute Gasteiger partial charge is 0.269 e. The van der Waals surface area contributed by atoms with Gasteiger partial charge in [-0.2, -0.15) is 0 Å². The third-order valence-corrected chi connectivity index (χ3v) is 9.61. The van der Waals surface area contributed by atoms with Gasteiger partial charge in [-0.15, -0.1) is 13.2 Å². The van der Waals surface area contributed by atoms with Gasteiger partial charge in [0.05, 0.1) is 28.6 Å². The van der Waals surface area contributed by atoms with Crippen LogP contribution in [0.3, 0.4) is 0 Å². The minimum Gasteiger partial charge on any atom is -0.399 e. The lowest BCUT2D eigenvalue weighted by molar-refractivity contribution is -0.385. The molecule has 0 radical (unpaired) electrons. The number of amides is 4. The van der Waals surface area contributed by atoms with Crippen LogP contribution in [0.15, 0.2) is 73.8 Å². The average Bonchev–Trinajstić information content (AvgIpc) is 3.82. The van der Waals surface area contributed by atoms with E-state index >= 15 is 0 Å². The Balaban J connectivity index is 0.000000169. The van der Waals surface area contributed by atoms with Gasteiger partial charge in [-0.25, -0.2) is 0 Å². The second-order valence-electron chi connectivity index (χ2n) is 11.3. The number of carbonyl (C=O) groups is 4. The molecule has 4 atom stereocenters. The fourth-order valence-corrected chi connectivity index (χ4v) is 7.58. The highest BCUT2D eigenvalue weighted by atomic mass is 16.6. The quantitative estimate of drug-likeness (QED) is 0.159. The van der Waals surface area contributed by atoms with Crippen molar-refractivity contribution in [1.29, 1.82) is 0 Å². The van der Waals surface area contributed by atoms with E-state index in [9.17, 15) is 29.3 Å². The Kier molecular flexibility index (Phi) is 7.12. The molecule has 2 saturated carbocycles. The average molecular weight is 571 g/mol. The molecule has 2 saturated heterocycles. The van der Waals surface area contributed by atoms with E-state index in [1.165, 1.54) is 28.0 Å². The van der Waals surface area contributed by atoms with Gasteiger partial charge in [0.15, 0.2) is 0 Å². The molecule has 0 bridgehead atoms. The second-order valence-corrected chi connectivity index (χ2v) is 11.3. The van der Waals surface area contributed by atoms with Crippen molar-refractivity contribution in [3.63, 3.8) is 0 Å². The predicted molar refractivity (Wildman–Crippen MR) is 156 cm³/mol. The van der Waals surface area contributed by atoms with Crippen molar-refractivity contribution >= 4 is 35.0 Å². The number of rotatable bonds is 9. The van der Waals surface area contributed by atoms with Crippen LogP contribution in [0.2, 0.25) is 0 Å². The van der Waals surface area contributed by atoms with Gasteiger partial charge in [0.25, 0.3) is 5.69 Å². The molecule has 2 aliphatic heterocycles. The molecule has 2 aliphatic carbocycles. The SMILES string of the molecule is C=CCN1C(=O)C2C(C1=O)C2(CC)c1cccc(N)c1.C=CCN1C(=O)C2C(C1=O)C2(CC)c1cccc([N+](=O)[O-])c1. The lowest BCUT2D eigenvalue weighted by Crippen LogP contribution is -2.38. The lowest BCUT2D eigenvalue weighted by atomic mass is 9.87. The summed E-state index contributed by atoms with van der Waals surface area (Å²) in [5, 5.41) is 11.0. The summed E-state index contributed by atoms with van der Waals surface area (Å²) >= 11 is 0. The van der Waals surface area contributed by atoms with Crippen LogP contribution < -0.4 is 5.73 Å². The number of nitro benzene ring substituents is 1. The van der Waals surface area contributed by atoms with Gasteiger partial charge in [-0.1, -0.05) is 50.3 Å². The Labute approximate surface area is 244 Å². The molecule has 2 aromatic carbocycles. The maximum absolute atomic E-state index is 12.4. The minimum atomic E-state index is -0.585. The van der Waals surface area contributed by atoms with Crippen molar-refractivity contribution in [2.75, 3.05) is 18.8 Å². The van der Waals surface area contributed by atoms with E-state index in [2.05, 4.69) is 13.2 Å². The Hall–Kier alpha value is -4.60. The number of carbonyl (C=O) groups excluding carboxylic acids is 4. The Bertz CT molecular complexity index is 1490. The molecule has 10 nitrogen and oxygen atoms in total. The second kappa shape index (κ2) is 10.3. The van der Waals surface area contributed by atoms with E-state index < -0.39 is 22.2 Å². The number of hydrogen-bond donors (Lipinski definition) is 1. The topological polar surface area (TPSA) is 144 Å². The van der Waals surface area contributed by atoms with Crippen LogP contribution in [0, 0.1) is 33.8 Å². The monoisotopic (exact) mass is 570 g/mol. The highest BCUT2D eigenvalue weighted by Crippen LogP contribution is 2.67. The number of nitrogen functional groups attached to an aromatic ring is 1. The summed E-state index contributed by atoms with van der Waals surface area (Å²) < 4.78 is 0. The summed E-state index contributed by atoms with van der Waals surface area (Å²) in [6, 6.07) is 13.8. The number of imide groups is 2. The summed E-state index contributed by atoms with van der Waals surface area (Å²) in [6.07, 6.45) is 4.49. The lowest BCUT2D eigenvalue weighted by Gasteiger charge is -2.24. The number of anilines is 1. The third-order valence-electron chi connectivity index (χ3n) is 9.61. The minimum absolute atomic E-state index is 0.0156. The highest BCUT2D eigenvalue weighted by Gasteiger charge is 2.77. The fraction of sp³-hybridized carbons (Fsp3) is 0.375.